The standard InChI is InChI=1S/C27H29FN2O3S/c1-33-23-9-4-6-19(16-23)18-30(25(31)17-24-10-5-15-34-24)26(20-11-13-21(28)14-12-20)27(32)29-22-7-2-3-8-22/h4-6,9-16,22,26H,2-3,7-8,17-18H2,1H3,(H,29,32)/t26-/m0/s1. The van der Waals surface area contributed by atoms with Crippen LogP contribution in [0.15, 0.2) is 66.0 Å². The SMILES string of the molecule is COc1cccc(CN(C(=O)Cc2cccs2)[C@H](C(=O)NC2CCCC2)c2ccc(F)cc2)c1. The number of carbonyl (C=O) groups is 2. The van der Waals surface area contributed by atoms with Crippen molar-refractivity contribution in [2.24, 2.45) is 0 Å². The summed E-state index contributed by atoms with van der Waals surface area (Å²) in [6, 6.07) is 16.4. The summed E-state index contributed by atoms with van der Waals surface area (Å²) in [5, 5.41) is 5.08. The van der Waals surface area contributed by atoms with Crippen molar-refractivity contribution < 1.29 is 18.7 Å². The van der Waals surface area contributed by atoms with E-state index in [4.69, 9.17) is 4.74 Å². The van der Waals surface area contributed by atoms with Gasteiger partial charge in [0.2, 0.25) is 11.8 Å². The minimum atomic E-state index is -0.875. The number of thiophene rings is 1. The Morgan fingerprint density at radius 1 is 1.12 bits per heavy atom. The summed E-state index contributed by atoms with van der Waals surface area (Å²) in [5.41, 5.74) is 1.43. The molecule has 5 nitrogen and oxygen atoms in total. The molecule has 3 aromatic rings. The normalized spacial score (nSPS) is 14.5. The number of rotatable bonds is 9. The molecule has 0 radical (unpaired) electrons. The summed E-state index contributed by atoms with van der Waals surface area (Å²) in [7, 11) is 1.59. The van der Waals surface area contributed by atoms with Crippen molar-refractivity contribution in [1.82, 2.24) is 10.2 Å². The number of amides is 2. The van der Waals surface area contributed by atoms with Gasteiger partial charge in [-0.2, -0.15) is 0 Å². The summed E-state index contributed by atoms with van der Waals surface area (Å²) in [6.07, 6.45) is 4.21. The van der Waals surface area contributed by atoms with Crippen LogP contribution in [0.5, 0.6) is 5.75 Å². The summed E-state index contributed by atoms with van der Waals surface area (Å²) >= 11 is 1.51. The van der Waals surface area contributed by atoms with Gasteiger partial charge in [-0.3, -0.25) is 9.59 Å². The maximum absolute atomic E-state index is 13.7. The van der Waals surface area contributed by atoms with Gasteiger partial charge in [-0.15, -0.1) is 11.3 Å². The Bertz CT molecular complexity index is 1100. The average molecular weight is 481 g/mol. The van der Waals surface area contributed by atoms with E-state index in [1.807, 2.05) is 41.8 Å². The number of hydrogen-bond acceptors (Lipinski definition) is 4. The predicted octanol–water partition coefficient (Wildman–Crippen LogP) is 5.27. The van der Waals surface area contributed by atoms with Crippen molar-refractivity contribution in [2.45, 2.75) is 50.7 Å². The van der Waals surface area contributed by atoms with Crippen molar-refractivity contribution in [2.75, 3.05) is 7.11 Å². The van der Waals surface area contributed by atoms with Crippen LogP contribution in [-0.2, 0) is 22.6 Å². The molecule has 34 heavy (non-hydrogen) atoms. The van der Waals surface area contributed by atoms with Crippen LogP contribution in [-0.4, -0.2) is 29.9 Å². The third-order valence-electron chi connectivity index (χ3n) is 6.16. The van der Waals surface area contributed by atoms with Crippen molar-refractivity contribution in [3.05, 3.63) is 87.9 Å². The highest BCUT2D eigenvalue weighted by Gasteiger charge is 2.33. The molecule has 1 aromatic heterocycles. The highest BCUT2D eigenvalue weighted by Crippen LogP contribution is 2.28. The molecule has 1 saturated carbocycles. The molecule has 4 rings (SSSR count). The second-order valence-electron chi connectivity index (χ2n) is 8.57. The van der Waals surface area contributed by atoms with Crippen LogP contribution in [0.25, 0.3) is 0 Å². The first-order valence-electron chi connectivity index (χ1n) is 11.5. The average Bonchev–Trinajstić information content (AvgIpc) is 3.54. The number of methoxy groups -OCH3 is 1. The van der Waals surface area contributed by atoms with E-state index in [9.17, 15) is 14.0 Å². The highest BCUT2D eigenvalue weighted by atomic mass is 32.1. The maximum atomic E-state index is 13.7. The van der Waals surface area contributed by atoms with Gasteiger partial charge in [0, 0.05) is 17.5 Å². The van der Waals surface area contributed by atoms with Crippen LogP contribution < -0.4 is 10.1 Å². The first kappa shape index (κ1) is 24.0. The Hall–Kier alpha value is -3.19. The molecule has 1 fully saturated rings. The Kier molecular flexibility index (Phi) is 7.95. The lowest BCUT2D eigenvalue weighted by Gasteiger charge is -2.32. The zero-order valence-electron chi connectivity index (χ0n) is 19.2. The minimum absolute atomic E-state index is 0.0986. The first-order chi connectivity index (χ1) is 16.5. The molecule has 1 heterocycles. The fourth-order valence-electron chi connectivity index (χ4n) is 4.42. The third kappa shape index (κ3) is 6.03. The molecular weight excluding hydrogens is 451 g/mol. The maximum Gasteiger partial charge on any atom is 0.247 e. The van der Waals surface area contributed by atoms with Crippen molar-refractivity contribution >= 4 is 23.2 Å². The summed E-state index contributed by atoms with van der Waals surface area (Å²) in [4.78, 5) is 29.8. The zero-order chi connectivity index (χ0) is 23.9. The predicted molar refractivity (Wildman–Crippen MR) is 131 cm³/mol. The largest absolute Gasteiger partial charge is 0.497 e. The zero-order valence-corrected chi connectivity index (χ0v) is 20.0. The van der Waals surface area contributed by atoms with Gasteiger partial charge in [0.15, 0.2) is 0 Å². The van der Waals surface area contributed by atoms with Crippen LogP contribution in [0.2, 0.25) is 0 Å². The molecule has 1 N–H and O–H groups in total. The molecule has 2 amide bonds. The van der Waals surface area contributed by atoms with Gasteiger partial charge in [-0.25, -0.2) is 4.39 Å². The number of benzene rings is 2. The Balaban J connectivity index is 1.70. The number of hydrogen-bond donors (Lipinski definition) is 1. The van der Waals surface area contributed by atoms with Crippen molar-refractivity contribution in [1.29, 1.82) is 0 Å². The Labute approximate surface area is 203 Å². The lowest BCUT2D eigenvalue weighted by atomic mass is 10.0. The van der Waals surface area contributed by atoms with Crippen LogP contribution in [0.4, 0.5) is 4.39 Å². The number of carbonyl (C=O) groups excluding carboxylic acids is 2. The van der Waals surface area contributed by atoms with Gasteiger partial charge >= 0.3 is 0 Å². The van der Waals surface area contributed by atoms with E-state index < -0.39 is 6.04 Å². The van der Waals surface area contributed by atoms with Crippen LogP contribution in [0, 0.1) is 5.82 Å². The number of ether oxygens (including phenoxy) is 1. The molecule has 1 atom stereocenters. The molecule has 0 spiro atoms. The molecular formula is C27H29FN2O3S. The van der Waals surface area contributed by atoms with Crippen LogP contribution in [0.3, 0.4) is 0 Å². The smallest absolute Gasteiger partial charge is 0.247 e. The van der Waals surface area contributed by atoms with E-state index in [1.54, 1.807) is 24.1 Å². The van der Waals surface area contributed by atoms with Gasteiger partial charge in [0.25, 0.3) is 0 Å². The van der Waals surface area contributed by atoms with Gasteiger partial charge in [-0.1, -0.05) is 43.2 Å². The summed E-state index contributed by atoms with van der Waals surface area (Å²) < 4.78 is 19.1. The highest BCUT2D eigenvalue weighted by molar-refractivity contribution is 7.10. The topological polar surface area (TPSA) is 58.6 Å². The molecule has 0 unspecified atom stereocenters. The van der Waals surface area contributed by atoms with Crippen LogP contribution in [0.1, 0.15) is 47.7 Å². The minimum Gasteiger partial charge on any atom is -0.497 e. The van der Waals surface area contributed by atoms with E-state index >= 15 is 0 Å². The van der Waals surface area contributed by atoms with E-state index in [0.717, 1.165) is 36.1 Å². The summed E-state index contributed by atoms with van der Waals surface area (Å²) in [5.74, 6) is -0.109. The lowest BCUT2D eigenvalue weighted by Crippen LogP contribution is -2.46. The molecule has 178 valence electrons. The molecule has 0 aliphatic heterocycles. The second kappa shape index (κ2) is 11.3. The number of nitrogens with one attached hydrogen (secondary N) is 1. The lowest BCUT2D eigenvalue weighted by molar-refractivity contribution is -0.141. The second-order valence-corrected chi connectivity index (χ2v) is 9.61. The fourth-order valence-corrected chi connectivity index (χ4v) is 5.12. The fraction of sp³-hybridized carbons (Fsp3) is 0.333. The number of nitrogens with zero attached hydrogens (tertiary/aromatic N) is 1. The molecule has 0 saturated heterocycles. The summed E-state index contributed by atoms with van der Waals surface area (Å²) in [6.45, 7) is 0.224. The van der Waals surface area contributed by atoms with Gasteiger partial charge < -0.3 is 15.0 Å². The molecule has 0 bridgehead atoms. The van der Waals surface area contributed by atoms with Crippen molar-refractivity contribution in [3.8, 4) is 5.75 Å². The van der Waals surface area contributed by atoms with Crippen LogP contribution >= 0.6 is 11.3 Å². The van der Waals surface area contributed by atoms with E-state index in [1.165, 1.54) is 23.5 Å². The quantitative estimate of drug-likeness (QED) is 0.454. The van der Waals surface area contributed by atoms with E-state index in [2.05, 4.69) is 5.32 Å². The Morgan fingerprint density at radius 2 is 1.88 bits per heavy atom. The Morgan fingerprint density at radius 3 is 2.56 bits per heavy atom. The number of halogens is 1. The van der Waals surface area contributed by atoms with Gasteiger partial charge in [0.05, 0.1) is 13.5 Å². The molecule has 1 aliphatic carbocycles. The molecule has 2 aromatic carbocycles. The molecule has 7 heteroatoms. The monoisotopic (exact) mass is 480 g/mol. The van der Waals surface area contributed by atoms with E-state index in [0.29, 0.717) is 11.3 Å². The molecule has 1 aliphatic rings. The third-order valence-corrected chi connectivity index (χ3v) is 7.04. The van der Waals surface area contributed by atoms with Crippen molar-refractivity contribution in [3.63, 3.8) is 0 Å². The van der Waals surface area contributed by atoms with Gasteiger partial charge in [0.1, 0.15) is 17.6 Å². The van der Waals surface area contributed by atoms with Gasteiger partial charge in [-0.05, 0) is 59.7 Å². The first-order valence-corrected chi connectivity index (χ1v) is 12.4. The van der Waals surface area contributed by atoms with E-state index in [-0.39, 0.29) is 36.6 Å².